The maximum Gasteiger partial charge on any atom is 0.186 e. The van der Waals surface area contributed by atoms with Crippen molar-refractivity contribution >= 4 is 29.0 Å². The Morgan fingerprint density at radius 2 is 1.88 bits per heavy atom. The second kappa shape index (κ2) is 4.47. The Labute approximate surface area is 107 Å². The fourth-order valence-electron chi connectivity index (χ4n) is 1.35. The van der Waals surface area contributed by atoms with Crippen molar-refractivity contribution in [3.8, 4) is 11.4 Å². The molecule has 1 aromatic heterocycles. The molecule has 0 amide bonds. The van der Waals surface area contributed by atoms with E-state index < -0.39 is 5.82 Å². The zero-order valence-corrected chi connectivity index (χ0v) is 10.3. The van der Waals surface area contributed by atoms with Gasteiger partial charge in [0.2, 0.25) is 0 Å². The molecule has 0 aliphatic heterocycles. The summed E-state index contributed by atoms with van der Waals surface area (Å²) >= 11 is 11.7. The molecule has 0 spiro atoms. The molecular formula is C11H8Cl2FN3. The maximum absolute atomic E-state index is 13.3. The lowest BCUT2D eigenvalue weighted by molar-refractivity contribution is 0.608. The summed E-state index contributed by atoms with van der Waals surface area (Å²) in [6, 6.07) is 4.92. The lowest BCUT2D eigenvalue weighted by Crippen LogP contribution is -2.02. The fourth-order valence-corrected chi connectivity index (χ4v) is 1.64. The summed E-state index contributed by atoms with van der Waals surface area (Å²) in [7, 11) is 0. The van der Waals surface area contributed by atoms with Crippen LogP contribution in [0.25, 0.3) is 11.4 Å². The normalized spacial score (nSPS) is 10.6. The third-order valence-corrected chi connectivity index (χ3v) is 2.96. The smallest absolute Gasteiger partial charge is 0.186 e. The monoisotopic (exact) mass is 271 g/mol. The number of nitrogens with two attached hydrogens (primary N) is 1. The van der Waals surface area contributed by atoms with Gasteiger partial charge in [-0.25, -0.2) is 14.4 Å². The van der Waals surface area contributed by atoms with E-state index >= 15 is 0 Å². The van der Waals surface area contributed by atoms with Gasteiger partial charge in [0.05, 0.1) is 15.7 Å². The first-order valence-electron chi connectivity index (χ1n) is 4.74. The number of halogens is 3. The van der Waals surface area contributed by atoms with Crippen molar-refractivity contribution in [1.82, 2.24) is 9.97 Å². The number of aromatic nitrogens is 2. The number of nitrogen functional groups attached to an aromatic ring is 1. The number of rotatable bonds is 1. The largest absolute Gasteiger partial charge is 0.381 e. The van der Waals surface area contributed by atoms with Crippen molar-refractivity contribution in [2.45, 2.75) is 6.92 Å². The van der Waals surface area contributed by atoms with Gasteiger partial charge in [-0.1, -0.05) is 23.2 Å². The Morgan fingerprint density at radius 1 is 1.18 bits per heavy atom. The summed E-state index contributed by atoms with van der Waals surface area (Å²) in [6.07, 6.45) is 0. The number of aryl methyl sites for hydroxylation is 1. The van der Waals surface area contributed by atoms with Crippen LogP contribution in [0, 0.1) is 12.7 Å². The number of benzene rings is 1. The lowest BCUT2D eigenvalue weighted by atomic mass is 10.2. The van der Waals surface area contributed by atoms with Crippen LogP contribution in [-0.2, 0) is 0 Å². The average Bonchev–Trinajstić information content (AvgIpc) is 2.29. The fraction of sp³-hybridized carbons (Fsp3) is 0.0909. The Hall–Kier alpha value is -1.39. The molecule has 0 aliphatic carbocycles. The summed E-state index contributed by atoms with van der Waals surface area (Å²) in [6.45, 7) is 1.52. The molecule has 6 heteroatoms. The highest BCUT2D eigenvalue weighted by atomic mass is 35.5. The highest BCUT2D eigenvalue weighted by molar-refractivity contribution is 6.42. The van der Waals surface area contributed by atoms with Crippen molar-refractivity contribution in [2.24, 2.45) is 0 Å². The van der Waals surface area contributed by atoms with Gasteiger partial charge in [-0.15, -0.1) is 0 Å². The molecule has 1 heterocycles. The van der Waals surface area contributed by atoms with E-state index in [-0.39, 0.29) is 11.5 Å². The molecular weight excluding hydrogens is 264 g/mol. The van der Waals surface area contributed by atoms with Gasteiger partial charge >= 0.3 is 0 Å². The highest BCUT2D eigenvalue weighted by Crippen LogP contribution is 2.27. The van der Waals surface area contributed by atoms with Crippen LogP contribution in [0.1, 0.15) is 5.69 Å². The van der Waals surface area contributed by atoms with Gasteiger partial charge in [-0.05, 0) is 25.1 Å². The predicted octanol–water partition coefficient (Wildman–Crippen LogP) is 3.48. The molecule has 0 saturated heterocycles. The van der Waals surface area contributed by atoms with Crippen LogP contribution in [0.5, 0.6) is 0 Å². The maximum atomic E-state index is 13.3. The molecule has 0 bridgehead atoms. The third kappa shape index (κ3) is 2.33. The van der Waals surface area contributed by atoms with Gasteiger partial charge in [-0.3, -0.25) is 0 Å². The minimum Gasteiger partial charge on any atom is -0.381 e. The molecule has 2 rings (SSSR count). The molecule has 0 aliphatic rings. The SMILES string of the molecule is Cc1nc(-c2ccc(Cl)c(Cl)c2)nc(N)c1F. The molecule has 17 heavy (non-hydrogen) atoms. The molecule has 0 saturated carbocycles. The topological polar surface area (TPSA) is 51.8 Å². The molecule has 0 unspecified atom stereocenters. The van der Waals surface area contributed by atoms with Crippen LogP contribution in [-0.4, -0.2) is 9.97 Å². The lowest BCUT2D eigenvalue weighted by Gasteiger charge is -2.05. The van der Waals surface area contributed by atoms with E-state index in [4.69, 9.17) is 28.9 Å². The molecule has 0 fully saturated rings. The van der Waals surface area contributed by atoms with Gasteiger partial charge in [0.15, 0.2) is 17.5 Å². The number of anilines is 1. The molecule has 88 valence electrons. The minimum absolute atomic E-state index is 0.182. The predicted molar refractivity (Wildman–Crippen MR) is 66.6 cm³/mol. The number of hydrogen-bond acceptors (Lipinski definition) is 3. The van der Waals surface area contributed by atoms with Gasteiger partial charge in [0, 0.05) is 5.56 Å². The Morgan fingerprint density at radius 3 is 2.47 bits per heavy atom. The first kappa shape index (κ1) is 12.1. The molecule has 0 radical (unpaired) electrons. The molecule has 0 atom stereocenters. The van der Waals surface area contributed by atoms with E-state index in [0.29, 0.717) is 21.4 Å². The van der Waals surface area contributed by atoms with E-state index in [1.165, 1.54) is 6.92 Å². The Kier molecular flexibility index (Phi) is 3.17. The van der Waals surface area contributed by atoms with E-state index in [1.807, 2.05) is 0 Å². The third-order valence-electron chi connectivity index (χ3n) is 2.22. The van der Waals surface area contributed by atoms with Crippen LogP contribution in [0.3, 0.4) is 0 Å². The van der Waals surface area contributed by atoms with Crippen molar-refractivity contribution in [1.29, 1.82) is 0 Å². The van der Waals surface area contributed by atoms with Crippen molar-refractivity contribution in [2.75, 3.05) is 5.73 Å². The van der Waals surface area contributed by atoms with Crippen LogP contribution in [0.15, 0.2) is 18.2 Å². The number of nitrogens with zero attached hydrogens (tertiary/aromatic N) is 2. The van der Waals surface area contributed by atoms with Gasteiger partial charge in [0.1, 0.15) is 0 Å². The summed E-state index contributed by atoms with van der Waals surface area (Å²) in [5.74, 6) is -0.465. The van der Waals surface area contributed by atoms with E-state index in [1.54, 1.807) is 18.2 Å². The summed E-state index contributed by atoms with van der Waals surface area (Å²) in [4.78, 5) is 7.87. The van der Waals surface area contributed by atoms with Gasteiger partial charge in [-0.2, -0.15) is 0 Å². The summed E-state index contributed by atoms with van der Waals surface area (Å²) in [5.41, 5.74) is 6.27. The minimum atomic E-state index is -0.603. The Bertz CT molecular complexity index is 564. The van der Waals surface area contributed by atoms with Crippen LogP contribution in [0.2, 0.25) is 10.0 Å². The quantitative estimate of drug-likeness (QED) is 0.864. The van der Waals surface area contributed by atoms with Crippen molar-refractivity contribution in [3.63, 3.8) is 0 Å². The molecule has 2 aromatic rings. The van der Waals surface area contributed by atoms with E-state index in [2.05, 4.69) is 9.97 Å². The van der Waals surface area contributed by atoms with Crippen LogP contribution >= 0.6 is 23.2 Å². The zero-order chi connectivity index (χ0) is 12.6. The second-order valence-corrected chi connectivity index (χ2v) is 4.28. The van der Waals surface area contributed by atoms with Gasteiger partial charge < -0.3 is 5.73 Å². The first-order chi connectivity index (χ1) is 7.99. The molecule has 1 aromatic carbocycles. The number of hydrogen-bond donors (Lipinski definition) is 1. The van der Waals surface area contributed by atoms with Crippen molar-refractivity contribution in [3.05, 3.63) is 39.8 Å². The van der Waals surface area contributed by atoms with Crippen LogP contribution in [0.4, 0.5) is 10.2 Å². The standard InChI is InChI=1S/C11H8Cl2FN3/c1-5-9(14)10(15)17-11(16-5)6-2-3-7(12)8(13)4-6/h2-4H,1H3,(H2,15,16,17). The molecule has 3 nitrogen and oxygen atoms in total. The summed E-state index contributed by atoms with van der Waals surface area (Å²) < 4.78 is 13.3. The van der Waals surface area contributed by atoms with E-state index in [0.717, 1.165) is 0 Å². The second-order valence-electron chi connectivity index (χ2n) is 3.46. The highest BCUT2D eigenvalue weighted by Gasteiger charge is 2.11. The molecule has 2 N–H and O–H groups in total. The van der Waals surface area contributed by atoms with Gasteiger partial charge in [0.25, 0.3) is 0 Å². The van der Waals surface area contributed by atoms with E-state index in [9.17, 15) is 4.39 Å². The van der Waals surface area contributed by atoms with Crippen LogP contribution < -0.4 is 5.73 Å². The average molecular weight is 272 g/mol. The zero-order valence-electron chi connectivity index (χ0n) is 8.84. The van der Waals surface area contributed by atoms with Crippen molar-refractivity contribution < 1.29 is 4.39 Å². The summed E-state index contributed by atoms with van der Waals surface area (Å²) in [5, 5.41) is 0.815. The Balaban J connectivity index is 2.57. The first-order valence-corrected chi connectivity index (χ1v) is 5.49.